The van der Waals surface area contributed by atoms with Crippen LogP contribution < -0.4 is 15.4 Å². The lowest BCUT2D eigenvalue weighted by atomic mass is 10.1. The number of hydrogen-bond donors (Lipinski definition) is 2. The van der Waals surface area contributed by atoms with Gasteiger partial charge in [-0.15, -0.1) is 24.0 Å². The first-order valence-corrected chi connectivity index (χ1v) is 11.0. The summed E-state index contributed by atoms with van der Waals surface area (Å²) in [4.78, 5) is 9.59. The van der Waals surface area contributed by atoms with Crippen LogP contribution in [0.5, 0.6) is 5.75 Å². The lowest BCUT2D eigenvalue weighted by Crippen LogP contribution is -2.48. The zero-order chi connectivity index (χ0) is 22.7. The molecule has 6 nitrogen and oxygen atoms in total. The minimum absolute atomic E-state index is 0. The molecule has 0 amide bonds. The van der Waals surface area contributed by atoms with Gasteiger partial charge in [-0.1, -0.05) is 26.0 Å². The topological polar surface area (TPSA) is 52.1 Å². The highest BCUT2D eigenvalue weighted by molar-refractivity contribution is 14.0. The predicted octanol–water partition coefficient (Wildman–Crippen LogP) is 3.57. The van der Waals surface area contributed by atoms with Gasteiger partial charge in [-0.05, 0) is 37.1 Å². The second-order valence-electron chi connectivity index (χ2n) is 7.96. The summed E-state index contributed by atoms with van der Waals surface area (Å²) in [6.07, 6.45) is -4.34. The molecule has 2 rings (SSSR count). The van der Waals surface area contributed by atoms with E-state index in [1.54, 1.807) is 12.1 Å². The van der Waals surface area contributed by atoms with Crippen LogP contribution in [-0.4, -0.2) is 80.9 Å². The van der Waals surface area contributed by atoms with Crippen LogP contribution in [-0.2, 0) is 6.54 Å². The summed E-state index contributed by atoms with van der Waals surface area (Å²) in [7, 11) is 0. The second kappa shape index (κ2) is 14.8. The molecule has 0 aliphatic carbocycles. The van der Waals surface area contributed by atoms with E-state index in [-0.39, 0.29) is 29.7 Å². The monoisotopic (exact) mass is 571 g/mol. The van der Waals surface area contributed by atoms with Gasteiger partial charge in [-0.2, -0.15) is 13.2 Å². The summed E-state index contributed by atoms with van der Waals surface area (Å²) >= 11 is 0. The van der Waals surface area contributed by atoms with E-state index >= 15 is 0 Å². The number of nitrogens with zero attached hydrogens (tertiary/aromatic N) is 3. The third-order valence-corrected chi connectivity index (χ3v) is 5.19. The van der Waals surface area contributed by atoms with Gasteiger partial charge in [0, 0.05) is 45.8 Å². The summed E-state index contributed by atoms with van der Waals surface area (Å²) < 4.78 is 41.4. The molecule has 1 aliphatic rings. The van der Waals surface area contributed by atoms with E-state index in [0.717, 1.165) is 63.9 Å². The zero-order valence-corrected chi connectivity index (χ0v) is 21.6. The van der Waals surface area contributed by atoms with E-state index in [2.05, 4.69) is 39.3 Å². The molecule has 0 aromatic heterocycles. The Hall–Kier alpha value is -1.27. The van der Waals surface area contributed by atoms with Crippen LogP contribution in [0.2, 0.25) is 0 Å². The van der Waals surface area contributed by atoms with Gasteiger partial charge in [0.05, 0.1) is 6.54 Å². The number of rotatable bonds is 10. The average molecular weight is 571 g/mol. The van der Waals surface area contributed by atoms with Gasteiger partial charge in [0.1, 0.15) is 5.75 Å². The Balaban J connectivity index is 0.00000512. The normalized spacial score (nSPS) is 16.9. The van der Waals surface area contributed by atoms with Crippen LogP contribution in [0.4, 0.5) is 13.2 Å². The van der Waals surface area contributed by atoms with E-state index in [1.165, 1.54) is 12.1 Å². The molecule has 1 saturated heterocycles. The first-order chi connectivity index (χ1) is 14.8. The maximum absolute atomic E-state index is 12.2. The summed E-state index contributed by atoms with van der Waals surface area (Å²) in [6.45, 7) is 13.9. The number of benzene rings is 1. The molecule has 1 unspecified atom stereocenters. The Morgan fingerprint density at radius 2 is 1.69 bits per heavy atom. The molecule has 0 saturated carbocycles. The number of guanidine groups is 1. The van der Waals surface area contributed by atoms with Gasteiger partial charge in [-0.25, -0.2) is 4.99 Å². The number of alkyl halides is 3. The van der Waals surface area contributed by atoms with Gasteiger partial charge in [0.2, 0.25) is 0 Å². The number of likely N-dealkylation sites (N-methyl/N-ethyl adjacent to an activating group) is 1. The first-order valence-electron chi connectivity index (χ1n) is 11.0. The lowest BCUT2D eigenvalue weighted by molar-refractivity contribution is -0.153. The van der Waals surface area contributed by atoms with Crippen molar-refractivity contribution in [2.24, 2.45) is 10.9 Å². The highest BCUT2D eigenvalue weighted by Gasteiger charge is 2.28. The highest BCUT2D eigenvalue weighted by atomic mass is 127. The van der Waals surface area contributed by atoms with Crippen LogP contribution >= 0.6 is 24.0 Å². The first kappa shape index (κ1) is 28.8. The molecule has 2 N–H and O–H groups in total. The van der Waals surface area contributed by atoms with Crippen molar-refractivity contribution in [1.29, 1.82) is 0 Å². The van der Waals surface area contributed by atoms with E-state index in [1.807, 2.05) is 6.92 Å². The summed E-state index contributed by atoms with van der Waals surface area (Å²) in [5, 5.41) is 6.64. The Morgan fingerprint density at radius 3 is 2.25 bits per heavy atom. The minimum Gasteiger partial charge on any atom is -0.484 e. The van der Waals surface area contributed by atoms with Gasteiger partial charge in [0.15, 0.2) is 12.6 Å². The fraction of sp³-hybridized carbons (Fsp3) is 0.682. The molecule has 1 aromatic rings. The fourth-order valence-corrected chi connectivity index (χ4v) is 3.43. The third-order valence-electron chi connectivity index (χ3n) is 5.19. The summed E-state index contributed by atoms with van der Waals surface area (Å²) in [5.41, 5.74) is 0.901. The van der Waals surface area contributed by atoms with E-state index in [9.17, 15) is 13.2 Å². The molecule has 1 atom stereocenters. The quantitative estimate of drug-likeness (QED) is 0.256. The van der Waals surface area contributed by atoms with E-state index < -0.39 is 12.8 Å². The number of ether oxygens (including phenoxy) is 1. The zero-order valence-electron chi connectivity index (χ0n) is 19.2. The summed E-state index contributed by atoms with van der Waals surface area (Å²) in [5.74, 6) is 1.42. The number of halogens is 4. The highest BCUT2D eigenvalue weighted by Crippen LogP contribution is 2.19. The SMILES string of the molecule is CCNC(=NCc1ccc(OCC(F)(F)F)cc1)NCC(C)CN1CCN(CC)CC1.I. The van der Waals surface area contributed by atoms with E-state index in [0.29, 0.717) is 12.5 Å². The van der Waals surface area contributed by atoms with Crippen LogP contribution in [0.1, 0.15) is 26.3 Å². The molecule has 0 spiro atoms. The van der Waals surface area contributed by atoms with Crippen molar-refractivity contribution in [3.8, 4) is 5.75 Å². The molecule has 1 heterocycles. The largest absolute Gasteiger partial charge is 0.484 e. The molecule has 0 radical (unpaired) electrons. The van der Waals surface area contributed by atoms with Gasteiger partial charge < -0.3 is 25.2 Å². The van der Waals surface area contributed by atoms with E-state index in [4.69, 9.17) is 4.74 Å². The lowest BCUT2D eigenvalue weighted by Gasteiger charge is -2.35. The van der Waals surface area contributed by atoms with Crippen molar-refractivity contribution in [2.45, 2.75) is 33.5 Å². The minimum atomic E-state index is -4.34. The molecule has 10 heteroatoms. The average Bonchev–Trinajstić information content (AvgIpc) is 2.75. The van der Waals surface area contributed by atoms with Crippen LogP contribution in [0.3, 0.4) is 0 Å². The molecule has 1 fully saturated rings. The standard InChI is InChI=1S/C22H36F3N5O.HI/c1-4-26-21(27-14-18(3)16-30-12-10-29(5-2)11-13-30)28-15-19-6-8-20(9-7-19)31-17-22(23,24)25;/h6-9,18H,4-5,10-17H2,1-3H3,(H2,26,27,28);1H. The molecule has 1 aromatic carbocycles. The fourth-order valence-electron chi connectivity index (χ4n) is 3.43. The molecule has 184 valence electrons. The maximum Gasteiger partial charge on any atom is 0.422 e. The van der Waals surface area contributed by atoms with Crippen molar-refractivity contribution in [3.63, 3.8) is 0 Å². The Morgan fingerprint density at radius 1 is 1.06 bits per heavy atom. The molecule has 1 aliphatic heterocycles. The molecule has 0 bridgehead atoms. The summed E-state index contributed by atoms with van der Waals surface area (Å²) in [6, 6.07) is 6.54. The molecular formula is C22H37F3IN5O. The Bertz CT molecular complexity index is 665. The van der Waals surface area contributed by atoms with Crippen LogP contribution in [0.15, 0.2) is 29.3 Å². The number of aliphatic imine (C=N–C) groups is 1. The van der Waals surface area contributed by atoms with Crippen molar-refractivity contribution in [1.82, 2.24) is 20.4 Å². The number of piperazine rings is 1. The smallest absolute Gasteiger partial charge is 0.422 e. The van der Waals surface area contributed by atoms with Crippen molar-refractivity contribution in [3.05, 3.63) is 29.8 Å². The molecule has 32 heavy (non-hydrogen) atoms. The van der Waals surface area contributed by atoms with Crippen molar-refractivity contribution >= 4 is 29.9 Å². The van der Waals surface area contributed by atoms with Crippen LogP contribution in [0.25, 0.3) is 0 Å². The predicted molar refractivity (Wildman–Crippen MR) is 134 cm³/mol. The van der Waals surface area contributed by atoms with Crippen molar-refractivity contribution in [2.75, 3.05) is 59.0 Å². The number of hydrogen-bond acceptors (Lipinski definition) is 4. The van der Waals surface area contributed by atoms with Gasteiger partial charge in [0.25, 0.3) is 0 Å². The van der Waals surface area contributed by atoms with Gasteiger partial charge >= 0.3 is 6.18 Å². The van der Waals surface area contributed by atoms with Crippen LogP contribution in [0, 0.1) is 5.92 Å². The Kier molecular flexibility index (Phi) is 13.3. The van der Waals surface area contributed by atoms with Crippen molar-refractivity contribution < 1.29 is 17.9 Å². The Labute approximate surface area is 207 Å². The van der Waals surface area contributed by atoms with Gasteiger partial charge in [-0.3, -0.25) is 0 Å². The third kappa shape index (κ3) is 11.6. The number of nitrogens with one attached hydrogen (secondary N) is 2. The maximum atomic E-state index is 12.2. The molecular weight excluding hydrogens is 534 g/mol. The second-order valence-corrected chi connectivity index (χ2v) is 7.96.